The molecule has 1 amide bonds. The summed E-state index contributed by atoms with van der Waals surface area (Å²) in [6.07, 6.45) is 1.67. The van der Waals surface area contributed by atoms with Gasteiger partial charge in [-0.15, -0.1) is 10.2 Å². The summed E-state index contributed by atoms with van der Waals surface area (Å²) >= 11 is 0. The number of aryl methyl sites for hydroxylation is 1. The maximum atomic E-state index is 12.1. The monoisotopic (exact) mass is 400 g/mol. The largest absolute Gasteiger partial charge is 0.414 e. The third-order valence-electron chi connectivity index (χ3n) is 4.61. The van der Waals surface area contributed by atoms with Gasteiger partial charge in [-0.25, -0.2) is 4.98 Å². The average Bonchev–Trinajstić information content (AvgIpc) is 3.23. The van der Waals surface area contributed by atoms with Gasteiger partial charge in [0.2, 0.25) is 5.89 Å². The van der Waals surface area contributed by atoms with Crippen molar-refractivity contribution < 1.29 is 9.21 Å². The van der Waals surface area contributed by atoms with Crippen molar-refractivity contribution in [2.45, 2.75) is 6.92 Å². The summed E-state index contributed by atoms with van der Waals surface area (Å²) in [5, 5.41) is 8.24. The molecular formula is C22H20N6O2. The minimum absolute atomic E-state index is 0.0594. The summed E-state index contributed by atoms with van der Waals surface area (Å²) < 4.78 is 5.83. The van der Waals surface area contributed by atoms with E-state index in [9.17, 15) is 4.79 Å². The Morgan fingerprint density at radius 3 is 2.40 bits per heavy atom. The summed E-state index contributed by atoms with van der Waals surface area (Å²) in [7, 11) is 3.44. The van der Waals surface area contributed by atoms with Crippen LogP contribution in [0.4, 0.5) is 5.69 Å². The van der Waals surface area contributed by atoms with Crippen molar-refractivity contribution in [2.75, 3.05) is 19.8 Å². The molecule has 0 aliphatic carbocycles. The first kappa shape index (κ1) is 19.3. The molecular weight excluding hydrogens is 380 g/mol. The average molecular weight is 400 g/mol. The molecule has 0 saturated heterocycles. The molecule has 4 rings (SSSR count). The molecule has 30 heavy (non-hydrogen) atoms. The number of carbonyl (C=O) groups is 1. The molecule has 2 N–H and O–H groups in total. The Labute approximate surface area is 173 Å². The Kier molecular flexibility index (Phi) is 4.97. The van der Waals surface area contributed by atoms with Gasteiger partial charge in [-0.3, -0.25) is 9.78 Å². The van der Waals surface area contributed by atoms with Gasteiger partial charge in [-0.1, -0.05) is 24.3 Å². The third-order valence-corrected chi connectivity index (χ3v) is 4.61. The number of nitrogens with two attached hydrogens (primary N) is 1. The van der Waals surface area contributed by atoms with Gasteiger partial charge in [0.1, 0.15) is 5.69 Å². The fraction of sp³-hybridized carbons (Fsp3) is 0.136. The van der Waals surface area contributed by atoms with Gasteiger partial charge in [0.15, 0.2) is 0 Å². The summed E-state index contributed by atoms with van der Waals surface area (Å²) in [6.45, 7) is 1.83. The van der Waals surface area contributed by atoms with Gasteiger partial charge in [0.25, 0.3) is 11.8 Å². The SMILES string of the molecule is Cc1ncc(-c2ccc(C(=O)N(C)C)cc2)nc1-c1nnc(-c2ccccc2N)o1. The summed E-state index contributed by atoms with van der Waals surface area (Å²) in [4.78, 5) is 22.7. The van der Waals surface area contributed by atoms with Crippen LogP contribution in [0.25, 0.3) is 34.3 Å². The van der Waals surface area contributed by atoms with Crippen LogP contribution in [0, 0.1) is 6.92 Å². The zero-order valence-electron chi connectivity index (χ0n) is 16.8. The molecule has 8 nitrogen and oxygen atoms in total. The van der Waals surface area contributed by atoms with E-state index >= 15 is 0 Å². The number of hydrogen-bond acceptors (Lipinski definition) is 7. The second kappa shape index (κ2) is 7.75. The fourth-order valence-corrected chi connectivity index (χ4v) is 2.95. The molecule has 0 radical (unpaired) electrons. The predicted molar refractivity (Wildman–Crippen MR) is 113 cm³/mol. The normalized spacial score (nSPS) is 10.8. The summed E-state index contributed by atoms with van der Waals surface area (Å²) in [5.74, 6) is 0.525. The zero-order valence-corrected chi connectivity index (χ0v) is 16.8. The minimum Gasteiger partial charge on any atom is -0.414 e. The minimum atomic E-state index is -0.0594. The molecule has 0 atom stereocenters. The molecule has 0 spiro atoms. The lowest BCUT2D eigenvalue weighted by atomic mass is 10.1. The highest BCUT2D eigenvalue weighted by Gasteiger charge is 2.17. The Morgan fingerprint density at radius 2 is 1.70 bits per heavy atom. The van der Waals surface area contributed by atoms with E-state index in [1.165, 1.54) is 4.90 Å². The molecule has 0 fully saturated rings. The van der Waals surface area contributed by atoms with Gasteiger partial charge in [-0.05, 0) is 31.2 Å². The lowest BCUT2D eigenvalue weighted by molar-refractivity contribution is 0.0827. The lowest BCUT2D eigenvalue weighted by Crippen LogP contribution is -2.21. The molecule has 2 aromatic heterocycles. The maximum absolute atomic E-state index is 12.1. The van der Waals surface area contributed by atoms with E-state index < -0.39 is 0 Å². The van der Waals surface area contributed by atoms with Crippen molar-refractivity contribution >= 4 is 11.6 Å². The van der Waals surface area contributed by atoms with E-state index in [4.69, 9.17) is 10.2 Å². The quantitative estimate of drug-likeness (QED) is 0.522. The fourth-order valence-electron chi connectivity index (χ4n) is 2.95. The van der Waals surface area contributed by atoms with Crippen LogP contribution in [0.3, 0.4) is 0 Å². The zero-order chi connectivity index (χ0) is 21.3. The standard InChI is InChI=1S/C22H20N6O2/c1-13-19(21-27-26-20(30-21)16-6-4-5-7-17(16)23)25-18(12-24-13)14-8-10-15(11-9-14)22(29)28(2)3/h4-12H,23H2,1-3H3. The number of aromatic nitrogens is 4. The van der Waals surface area contributed by atoms with E-state index in [0.29, 0.717) is 39.8 Å². The number of nitrogens with zero attached hydrogens (tertiary/aromatic N) is 5. The summed E-state index contributed by atoms with van der Waals surface area (Å²) in [5.41, 5.74) is 10.4. The maximum Gasteiger partial charge on any atom is 0.268 e. The topological polar surface area (TPSA) is 111 Å². The lowest BCUT2D eigenvalue weighted by Gasteiger charge is -2.10. The molecule has 0 bridgehead atoms. The molecule has 0 saturated carbocycles. The van der Waals surface area contributed by atoms with E-state index in [0.717, 1.165) is 5.56 Å². The Morgan fingerprint density at radius 1 is 1.00 bits per heavy atom. The number of para-hydroxylation sites is 1. The van der Waals surface area contributed by atoms with E-state index in [-0.39, 0.29) is 11.8 Å². The van der Waals surface area contributed by atoms with Gasteiger partial charge in [0.05, 0.1) is 23.1 Å². The van der Waals surface area contributed by atoms with Gasteiger partial charge in [-0.2, -0.15) is 0 Å². The molecule has 0 aliphatic heterocycles. The highest BCUT2D eigenvalue weighted by atomic mass is 16.4. The van der Waals surface area contributed by atoms with Crippen LogP contribution >= 0.6 is 0 Å². The van der Waals surface area contributed by atoms with Crippen molar-refractivity contribution in [1.29, 1.82) is 0 Å². The van der Waals surface area contributed by atoms with Gasteiger partial charge < -0.3 is 15.1 Å². The molecule has 2 heterocycles. The second-order valence-electron chi connectivity index (χ2n) is 6.97. The first-order valence-electron chi connectivity index (χ1n) is 9.28. The third kappa shape index (κ3) is 3.62. The van der Waals surface area contributed by atoms with Crippen LogP contribution in [0.2, 0.25) is 0 Å². The van der Waals surface area contributed by atoms with Crippen LogP contribution in [-0.2, 0) is 0 Å². The summed E-state index contributed by atoms with van der Waals surface area (Å²) in [6, 6.07) is 14.5. The van der Waals surface area contributed by atoms with E-state index in [1.807, 2.05) is 37.3 Å². The highest BCUT2D eigenvalue weighted by Crippen LogP contribution is 2.29. The first-order valence-corrected chi connectivity index (χ1v) is 9.28. The number of benzene rings is 2. The molecule has 4 aromatic rings. The van der Waals surface area contributed by atoms with Crippen molar-refractivity contribution in [1.82, 2.24) is 25.1 Å². The van der Waals surface area contributed by atoms with Crippen molar-refractivity contribution in [3.05, 3.63) is 66.0 Å². The van der Waals surface area contributed by atoms with E-state index in [2.05, 4.69) is 20.2 Å². The smallest absolute Gasteiger partial charge is 0.268 e. The van der Waals surface area contributed by atoms with Crippen LogP contribution in [0.1, 0.15) is 16.1 Å². The van der Waals surface area contributed by atoms with Crippen molar-refractivity contribution in [2.24, 2.45) is 0 Å². The Bertz CT molecular complexity index is 1210. The first-order chi connectivity index (χ1) is 14.4. The van der Waals surface area contributed by atoms with Crippen molar-refractivity contribution in [3.63, 3.8) is 0 Å². The number of hydrogen-bond donors (Lipinski definition) is 1. The molecule has 0 aliphatic rings. The number of rotatable bonds is 4. The number of nitrogen functional groups attached to an aromatic ring is 1. The Balaban J connectivity index is 1.68. The van der Waals surface area contributed by atoms with Gasteiger partial charge in [0, 0.05) is 30.9 Å². The van der Waals surface area contributed by atoms with Crippen LogP contribution in [-0.4, -0.2) is 45.1 Å². The second-order valence-corrected chi connectivity index (χ2v) is 6.97. The van der Waals surface area contributed by atoms with Crippen LogP contribution in [0.15, 0.2) is 59.1 Å². The van der Waals surface area contributed by atoms with Crippen LogP contribution in [0.5, 0.6) is 0 Å². The molecule has 0 unspecified atom stereocenters. The number of carbonyl (C=O) groups excluding carboxylic acids is 1. The molecule has 2 aromatic carbocycles. The molecule has 8 heteroatoms. The highest BCUT2D eigenvalue weighted by molar-refractivity contribution is 5.94. The van der Waals surface area contributed by atoms with Crippen LogP contribution < -0.4 is 5.73 Å². The Hall–Kier alpha value is -4.07. The van der Waals surface area contributed by atoms with Crippen molar-refractivity contribution in [3.8, 4) is 34.3 Å². The number of anilines is 1. The predicted octanol–water partition coefficient (Wildman–Crippen LogP) is 3.45. The van der Waals surface area contributed by atoms with E-state index in [1.54, 1.807) is 38.5 Å². The molecule has 150 valence electrons. The van der Waals surface area contributed by atoms with Gasteiger partial charge >= 0.3 is 0 Å². The number of amides is 1.